The Kier molecular flexibility index (Phi) is 201. The third-order valence-electron chi connectivity index (χ3n) is 0. The summed E-state index contributed by atoms with van der Waals surface area (Å²) in [5, 5.41) is 0. The van der Waals surface area contributed by atoms with Crippen molar-refractivity contribution in [1.82, 2.24) is 0 Å². The summed E-state index contributed by atoms with van der Waals surface area (Å²) in [5.74, 6) is 0. The fourth-order valence-corrected chi connectivity index (χ4v) is 0. The van der Waals surface area contributed by atoms with Crippen molar-refractivity contribution in [3.8, 4) is 0 Å². The molecule has 5 heavy (non-hydrogen) atoms. The van der Waals surface area contributed by atoms with Crippen LogP contribution in [0.25, 0.3) is 0 Å². The van der Waals surface area contributed by atoms with E-state index in [0.29, 0.717) is 0 Å². The van der Waals surface area contributed by atoms with Gasteiger partial charge in [-0.25, -0.2) is 0 Å². The molecule has 0 fully saturated rings. The van der Waals surface area contributed by atoms with E-state index in [0.717, 1.165) is 0 Å². The first-order valence-corrected chi connectivity index (χ1v) is 0. The Balaban J connectivity index is 0. The molecule has 0 aromatic carbocycles. The first kappa shape index (κ1) is 38.9. The van der Waals surface area contributed by atoms with Crippen molar-refractivity contribution in [3.63, 3.8) is 0 Å². The van der Waals surface area contributed by atoms with E-state index < -0.39 is 0 Å². The third-order valence-corrected chi connectivity index (χ3v) is 0. The van der Waals surface area contributed by atoms with Crippen molar-refractivity contribution in [3.05, 3.63) is 0 Å². The summed E-state index contributed by atoms with van der Waals surface area (Å²) in [7, 11) is 0. The maximum absolute atomic E-state index is 0. The Hall–Kier alpha value is 3.52. The van der Waals surface area contributed by atoms with Crippen molar-refractivity contribution in [2.75, 3.05) is 0 Å². The minimum absolute atomic E-state index is 0. The molecule has 0 aromatic rings. The summed E-state index contributed by atoms with van der Waals surface area (Å²) < 4.78 is 0. The summed E-state index contributed by atoms with van der Waals surface area (Å²) in [6, 6.07) is 0. The molecule has 0 nitrogen and oxygen atoms in total. The topological polar surface area (TPSA) is 0 Å². The minimum atomic E-state index is 0. The SMILES string of the molecule is [Mo].[Nb].[Re].[Ta].[W]. The predicted octanol–water partition coefficient (Wildman–Crippen LogP) is -0.0125. The molecule has 0 amide bonds. The molecule has 0 unspecified atom stereocenters. The van der Waals surface area contributed by atoms with E-state index in [-0.39, 0.29) is 107 Å². The van der Waals surface area contributed by atoms with Crippen molar-refractivity contribution in [2.45, 2.75) is 0 Å². The van der Waals surface area contributed by atoms with Crippen molar-refractivity contribution < 1.29 is 107 Å². The van der Waals surface area contributed by atoms with Gasteiger partial charge < -0.3 is 0 Å². The van der Waals surface area contributed by atoms with Gasteiger partial charge in [0.05, 0.1) is 0 Å². The van der Waals surface area contributed by atoms with Crippen molar-refractivity contribution >= 4 is 0 Å². The molecule has 0 saturated heterocycles. The average molecular weight is 740 g/mol. The van der Waals surface area contributed by atoms with Gasteiger partial charge >= 0.3 is 0 Å². The van der Waals surface area contributed by atoms with Crippen LogP contribution in [-0.2, 0) is 107 Å². The summed E-state index contributed by atoms with van der Waals surface area (Å²) in [5.41, 5.74) is 0. The molecule has 3 radical (unpaired) electrons. The van der Waals surface area contributed by atoms with Crippen LogP contribution in [0.3, 0.4) is 0 Å². The Morgan fingerprint density at radius 1 is 1.00 bits per heavy atom. The first-order chi connectivity index (χ1) is 0. The first-order valence-electron chi connectivity index (χ1n) is 0. The zero-order valence-corrected chi connectivity index (χ0v) is 15.2. The van der Waals surface area contributed by atoms with Crippen molar-refractivity contribution in [1.29, 1.82) is 0 Å². The van der Waals surface area contributed by atoms with Crippen LogP contribution in [-0.4, -0.2) is 0 Å². The second-order valence-electron chi connectivity index (χ2n) is 0. The smallest absolute Gasteiger partial charge is 0 e. The van der Waals surface area contributed by atoms with Gasteiger partial charge in [0, 0.05) is 107 Å². The van der Waals surface area contributed by atoms with Crippen LogP contribution in [0, 0.1) is 0 Å². The summed E-state index contributed by atoms with van der Waals surface area (Å²) in [6.45, 7) is 0. The molecule has 0 N–H and O–H groups in total. The number of rotatable bonds is 0. The molecule has 0 bridgehead atoms. The van der Waals surface area contributed by atoms with E-state index in [9.17, 15) is 0 Å². The zero-order chi connectivity index (χ0) is 0. The van der Waals surface area contributed by atoms with Gasteiger partial charge in [0.15, 0.2) is 0 Å². The fourth-order valence-electron chi connectivity index (χ4n) is 0. The molecule has 0 aromatic heterocycles. The number of hydrogen-bond acceptors (Lipinski definition) is 0. The van der Waals surface area contributed by atoms with E-state index in [1.54, 1.807) is 0 Å². The third kappa shape index (κ3) is 18.5. The van der Waals surface area contributed by atoms with E-state index in [4.69, 9.17) is 0 Å². The monoisotopic (exact) mass is 743 g/mol. The van der Waals surface area contributed by atoms with E-state index in [1.807, 2.05) is 0 Å². The molecule has 0 saturated carbocycles. The molecule has 0 aliphatic heterocycles. The molecular weight excluding hydrogens is 740 g/mol. The Bertz CT molecular complexity index is 11.6. The number of hydrogen-bond donors (Lipinski definition) is 0. The maximum atomic E-state index is 0. The van der Waals surface area contributed by atoms with E-state index in [2.05, 4.69) is 0 Å². The Morgan fingerprint density at radius 3 is 1.00 bits per heavy atom. The fraction of sp³-hybridized carbons (Fsp3) is 0. The van der Waals surface area contributed by atoms with Gasteiger partial charge in [-0.3, -0.25) is 0 Å². The molecular formula is MoNbReTaW. The van der Waals surface area contributed by atoms with Crippen molar-refractivity contribution in [2.24, 2.45) is 0 Å². The standard InChI is InChI=1S/Mo.Nb.Re.Ta.W. The van der Waals surface area contributed by atoms with Gasteiger partial charge in [-0.1, -0.05) is 0 Å². The van der Waals surface area contributed by atoms with Crippen LogP contribution in [0.15, 0.2) is 0 Å². The molecule has 29 valence electrons. The minimum Gasteiger partial charge on any atom is 0 e. The molecule has 0 heterocycles. The Morgan fingerprint density at radius 2 is 1.00 bits per heavy atom. The molecule has 0 rings (SSSR count). The van der Waals surface area contributed by atoms with Gasteiger partial charge in [0.25, 0.3) is 0 Å². The summed E-state index contributed by atoms with van der Waals surface area (Å²) in [6.07, 6.45) is 0. The van der Waals surface area contributed by atoms with Crippen LogP contribution >= 0.6 is 0 Å². The normalized spacial score (nSPS) is 0. The van der Waals surface area contributed by atoms with E-state index >= 15 is 0 Å². The van der Waals surface area contributed by atoms with Crippen LogP contribution in [0.4, 0.5) is 0 Å². The zero-order valence-electron chi connectivity index (χ0n) is 2.09. The van der Waals surface area contributed by atoms with Gasteiger partial charge in [-0.2, -0.15) is 0 Å². The molecule has 0 spiro atoms. The molecule has 0 aliphatic rings. The van der Waals surface area contributed by atoms with Crippen LogP contribution < -0.4 is 0 Å². The molecule has 0 atom stereocenters. The van der Waals surface area contributed by atoms with Crippen LogP contribution in [0.1, 0.15) is 0 Å². The van der Waals surface area contributed by atoms with Gasteiger partial charge in [-0.05, 0) is 0 Å². The quantitative estimate of drug-likeness (QED) is 0.307. The molecule has 0 aliphatic carbocycles. The van der Waals surface area contributed by atoms with E-state index in [1.165, 1.54) is 0 Å². The largest absolute Gasteiger partial charge is 0 e. The molecule has 5 heteroatoms. The van der Waals surface area contributed by atoms with Gasteiger partial charge in [0.2, 0.25) is 0 Å². The van der Waals surface area contributed by atoms with Gasteiger partial charge in [0.1, 0.15) is 0 Å². The second-order valence-corrected chi connectivity index (χ2v) is 0. The second kappa shape index (κ2) is 25.8. The van der Waals surface area contributed by atoms with Crippen LogP contribution in [0.2, 0.25) is 0 Å². The maximum Gasteiger partial charge on any atom is 0 e. The summed E-state index contributed by atoms with van der Waals surface area (Å²) in [4.78, 5) is 0. The van der Waals surface area contributed by atoms with Gasteiger partial charge in [-0.15, -0.1) is 0 Å². The predicted molar refractivity (Wildman–Crippen MR) is 0 cm³/mol. The summed E-state index contributed by atoms with van der Waals surface area (Å²) >= 11 is 0. The average Bonchev–Trinajstić information content (AvgIpc) is 0. The van der Waals surface area contributed by atoms with Crippen LogP contribution in [0.5, 0.6) is 0 Å². The Labute approximate surface area is 105 Å².